The molecule has 1 fully saturated rings. The molecule has 0 spiro atoms. The number of carbonyl (C=O) groups is 1. The lowest BCUT2D eigenvalue weighted by Crippen LogP contribution is -2.24. The second-order valence-electron chi connectivity index (χ2n) is 5.23. The van der Waals surface area contributed by atoms with E-state index in [0.717, 1.165) is 12.1 Å². The summed E-state index contributed by atoms with van der Waals surface area (Å²) < 4.78 is 45.3. The fraction of sp³-hybridized carbons (Fsp3) is 0.333. The average molecular weight is 325 g/mol. The molecule has 8 heteroatoms. The van der Waals surface area contributed by atoms with E-state index in [2.05, 4.69) is 10.4 Å². The molecule has 0 saturated carbocycles. The predicted octanol–water partition coefficient (Wildman–Crippen LogP) is 2.87. The summed E-state index contributed by atoms with van der Waals surface area (Å²) in [6.45, 7) is 0.759. The van der Waals surface area contributed by atoms with Crippen molar-refractivity contribution in [1.82, 2.24) is 9.78 Å². The third-order valence-corrected chi connectivity index (χ3v) is 3.63. The van der Waals surface area contributed by atoms with E-state index in [1.54, 1.807) is 12.3 Å². The zero-order valence-electron chi connectivity index (χ0n) is 12.0. The molecule has 1 N–H and O–H groups in total. The minimum atomic E-state index is -4.49. The van der Waals surface area contributed by atoms with Crippen molar-refractivity contribution in [3.8, 4) is 5.69 Å². The molecule has 5 nitrogen and oxygen atoms in total. The number of nitrogens with zero attached hydrogens (tertiary/aromatic N) is 2. The van der Waals surface area contributed by atoms with E-state index in [-0.39, 0.29) is 24.1 Å². The molecular formula is C15H14F3N3O2. The molecule has 23 heavy (non-hydrogen) atoms. The molecule has 2 heterocycles. The Balaban J connectivity index is 1.95. The fourth-order valence-corrected chi connectivity index (χ4v) is 2.40. The van der Waals surface area contributed by atoms with E-state index >= 15 is 0 Å². The number of rotatable bonds is 3. The number of carbonyl (C=O) groups excluding carboxylic acids is 1. The first-order chi connectivity index (χ1) is 10.9. The molecule has 0 aliphatic carbocycles. The monoisotopic (exact) mass is 325 g/mol. The number of aromatic nitrogens is 2. The highest BCUT2D eigenvalue weighted by Gasteiger charge is 2.32. The zero-order chi connectivity index (χ0) is 16.4. The minimum absolute atomic E-state index is 0.0698. The number of anilines is 1. The van der Waals surface area contributed by atoms with E-state index in [1.165, 1.54) is 16.9 Å². The van der Waals surface area contributed by atoms with Gasteiger partial charge in [-0.15, -0.1) is 0 Å². The van der Waals surface area contributed by atoms with Crippen molar-refractivity contribution in [2.24, 2.45) is 5.92 Å². The van der Waals surface area contributed by atoms with Gasteiger partial charge in [-0.3, -0.25) is 4.79 Å². The summed E-state index contributed by atoms with van der Waals surface area (Å²) in [5, 5.41) is 6.58. The summed E-state index contributed by atoms with van der Waals surface area (Å²) >= 11 is 0. The van der Waals surface area contributed by atoms with Crippen molar-refractivity contribution in [1.29, 1.82) is 0 Å². The highest BCUT2D eigenvalue weighted by molar-refractivity contribution is 5.94. The lowest BCUT2D eigenvalue weighted by Gasteiger charge is -2.16. The molecule has 0 bridgehead atoms. The fourth-order valence-electron chi connectivity index (χ4n) is 2.40. The van der Waals surface area contributed by atoms with Gasteiger partial charge in [-0.1, -0.05) is 0 Å². The molecule has 1 saturated heterocycles. The standard InChI is InChI=1S/C15H14F3N3O2/c16-15(17,18)11-2-3-13(21-6-1-5-19-21)12(8-11)20-14(22)10-4-7-23-9-10/h1-3,5-6,8,10H,4,7,9H2,(H,20,22). The van der Waals surface area contributed by atoms with E-state index < -0.39 is 11.7 Å². The lowest BCUT2D eigenvalue weighted by atomic mass is 10.1. The van der Waals surface area contributed by atoms with Crippen LogP contribution in [0.2, 0.25) is 0 Å². The van der Waals surface area contributed by atoms with E-state index in [4.69, 9.17) is 4.74 Å². The summed E-state index contributed by atoms with van der Waals surface area (Å²) in [4.78, 5) is 12.2. The third kappa shape index (κ3) is 3.37. The van der Waals surface area contributed by atoms with Crippen LogP contribution in [0.15, 0.2) is 36.7 Å². The van der Waals surface area contributed by atoms with Gasteiger partial charge in [-0.25, -0.2) is 4.68 Å². The predicted molar refractivity (Wildman–Crippen MR) is 76.1 cm³/mol. The molecule has 2 aromatic rings. The van der Waals surface area contributed by atoms with Gasteiger partial charge in [0.2, 0.25) is 5.91 Å². The highest BCUT2D eigenvalue weighted by Crippen LogP contribution is 2.33. The van der Waals surface area contributed by atoms with Crippen molar-refractivity contribution >= 4 is 11.6 Å². The van der Waals surface area contributed by atoms with Gasteiger partial charge in [-0.05, 0) is 30.7 Å². The average Bonchev–Trinajstić information content (AvgIpc) is 3.20. The van der Waals surface area contributed by atoms with E-state index in [1.807, 2.05) is 0 Å². The molecule has 3 rings (SSSR count). The summed E-state index contributed by atoms with van der Waals surface area (Å²) in [6.07, 6.45) is -0.828. The molecule has 1 amide bonds. The number of amides is 1. The number of hydrogen-bond donors (Lipinski definition) is 1. The number of benzene rings is 1. The molecule has 1 aromatic heterocycles. The number of alkyl halides is 3. The van der Waals surface area contributed by atoms with Crippen LogP contribution >= 0.6 is 0 Å². The van der Waals surface area contributed by atoms with Crippen LogP contribution in [-0.2, 0) is 15.7 Å². The van der Waals surface area contributed by atoms with Crippen LogP contribution in [0.3, 0.4) is 0 Å². The van der Waals surface area contributed by atoms with E-state index in [0.29, 0.717) is 18.7 Å². The van der Waals surface area contributed by atoms with Crippen molar-refractivity contribution in [3.05, 3.63) is 42.2 Å². The normalized spacial score (nSPS) is 18.1. The smallest absolute Gasteiger partial charge is 0.381 e. The SMILES string of the molecule is O=C(Nc1cc(C(F)(F)F)ccc1-n1cccn1)C1CCOC1. The Morgan fingerprint density at radius 3 is 2.83 bits per heavy atom. The molecule has 0 radical (unpaired) electrons. The van der Waals surface area contributed by atoms with Crippen LogP contribution in [0.5, 0.6) is 0 Å². The number of ether oxygens (including phenoxy) is 1. The van der Waals surface area contributed by atoms with Crippen LogP contribution in [0.25, 0.3) is 5.69 Å². The quantitative estimate of drug-likeness (QED) is 0.944. The Morgan fingerprint density at radius 1 is 1.39 bits per heavy atom. The van der Waals surface area contributed by atoms with Gasteiger partial charge in [0.15, 0.2) is 0 Å². The van der Waals surface area contributed by atoms with Crippen LogP contribution in [0.1, 0.15) is 12.0 Å². The van der Waals surface area contributed by atoms with Gasteiger partial charge in [-0.2, -0.15) is 18.3 Å². The Morgan fingerprint density at radius 2 is 2.22 bits per heavy atom. The second-order valence-corrected chi connectivity index (χ2v) is 5.23. The van der Waals surface area contributed by atoms with Gasteiger partial charge in [0.1, 0.15) is 0 Å². The zero-order valence-corrected chi connectivity index (χ0v) is 12.0. The van der Waals surface area contributed by atoms with Crippen molar-refractivity contribution < 1.29 is 22.7 Å². The molecule has 122 valence electrons. The topological polar surface area (TPSA) is 56.2 Å². The van der Waals surface area contributed by atoms with Gasteiger partial charge in [0, 0.05) is 19.0 Å². The molecule has 1 unspecified atom stereocenters. The van der Waals surface area contributed by atoms with Crippen molar-refractivity contribution in [2.45, 2.75) is 12.6 Å². The Labute approximate surface area is 130 Å². The van der Waals surface area contributed by atoms with Gasteiger partial charge in [0.25, 0.3) is 0 Å². The lowest BCUT2D eigenvalue weighted by molar-refractivity contribution is -0.137. The second kappa shape index (κ2) is 6.04. The Kier molecular flexibility index (Phi) is 4.08. The highest BCUT2D eigenvalue weighted by atomic mass is 19.4. The first-order valence-corrected chi connectivity index (χ1v) is 7.05. The van der Waals surface area contributed by atoms with Gasteiger partial charge >= 0.3 is 6.18 Å². The van der Waals surface area contributed by atoms with Crippen molar-refractivity contribution in [2.75, 3.05) is 18.5 Å². The molecule has 1 aliphatic rings. The first kappa shape index (κ1) is 15.5. The molecule has 1 aliphatic heterocycles. The molecular weight excluding hydrogens is 311 g/mol. The maximum Gasteiger partial charge on any atom is 0.416 e. The van der Waals surface area contributed by atoms with Crippen LogP contribution in [0.4, 0.5) is 18.9 Å². The first-order valence-electron chi connectivity index (χ1n) is 7.05. The van der Waals surface area contributed by atoms with Crippen LogP contribution < -0.4 is 5.32 Å². The Bertz CT molecular complexity index is 692. The Hall–Kier alpha value is -2.35. The van der Waals surface area contributed by atoms with Crippen LogP contribution in [-0.4, -0.2) is 28.9 Å². The summed E-state index contributed by atoms with van der Waals surface area (Å²) in [5.41, 5.74) is -0.387. The third-order valence-electron chi connectivity index (χ3n) is 3.63. The number of nitrogens with one attached hydrogen (secondary N) is 1. The summed E-state index contributed by atoms with van der Waals surface area (Å²) in [6, 6.07) is 4.82. The number of halogens is 3. The number of hydrogen-bond acceptors (Lipinski definition) is 3. The van der Waals surface area contributed by atoms with Gasteiger partial charge < -0.3 is 10.1 Å². The molecule has 1 aromatic carbocycles. The largest absolute Gasteiger partial charge is 0.416 e. The summed E-state index contributed by atoms with van der Waals surface area (Å²) in [7, 11) is 0. The molecule has 1 atom stereocenters. The summed E-state index contributed by atoms with van der Waals surface area (Å²) in [5.74, 6) is -0.703. The van der Waals surface area contributed by atoms with Crippen LogP contribution in [0, 0.1) is 5.92 Å². The van der Waals surface area contributed by atoms with Gasteiger partial charge in [0.05, 0.1) is 29.5 Å². The minimum Gasteiger partial charge on any atom is -0.381 e. The maximum atomic E-state index is 12.9. The maximum absolute atomic E-state index is 12.9. The van der Waals surface area contributed by atoms with E-state index in [9.17, 15) is 18.0 Å². The van der Waals surface area contributed by atoms with Crippen molar-refractivity contribution in [3.63, 3.8) is 0 Å².